The maximum absolute atomic E-state index is 8.52. The van der Waals surface area contributed by atoms with Crippen LogP contribution in [-0.4, -0.2) is 48.4 Å². The van der Waals surface area contributed by atoms with Crippen LogP contribution in [0.2, 0.25) is 0 Å². The molecule has 0 saturated carbocycles. The molecule has 80 valence electrons. The monoisotopic (exact) mass is 193 g/mol. The molecule has 0 aromatic carbocycles. The molecule has 0 atom stereocenters. The maximum Gasteiger partial charge on any atom is 0.0942 e. The fourth-order valence-corrected chi connectivity index (χ4v) is 0.726. The summed E-state index contributed by atoms with van der Waals surface area (Å²) in [7, 11) is 0. The Labute approximate surface area is 78.8 Å². The Morgan fingerprint density at radius 2 is 1.54 bits per heavy atom. The Bertz CT molecular complexity index is 102. The molecule has 5 nitrogen and oxygen atoms in total. The number of hydrogen-bond acceptors (Lipinski definition) is 5. The van der Waals surface area contributed by atoms with Crippen molar-refractivity contribution >= 4 is 0 Å². The van der Waals surface area contributed by atoms with Gasteiger partial charge in [-0.3, -0.25) is 9.68 Å². The molecule has 0 bridgehead atoms. The summed E-state index contributed by atoms with van der Waals surface area (Å²) in [4.78, 5) is 10.1. The lowest BCUT2D eigenvalue weighted by Crippen LogP contribution is -2.30. The highest BCUT2D eigenvalue weighted by atomic mass is 16.9. The Morgan fingerprint density at radius 1 is 1.08 bits per heavy atom. The van der Waals surface area contributed by atoms with Gasteiger partial charge in [-0.1, -0.05) is 19.1 Å². The van der Waals surface area contributed by atoms with Gasteiger partial charge < -0.3 is 10.2 Å². The lowest BCUT2D eigenvalue weighted by Gasteiger charge is -2.21. The van der Waals surface area contributed by atoms with Gasteiger partial charge in [-0.15, -0.1) is 0 Å². The summed E-state index contributed by atoms with van der Waals surface area (Å²) < 4.78 is 0. The molecule has 0 saturated heterocycles. The largest absolute Gasteiger partial charge is 0.394 e. The number of hydrogen-bond donors (Lipinski definition) is 2. The van der Waals surface area contributed by atoms with Gasteiger partial charge in [0.25, 0.3) is 0 Å². The van der Waals surface area contributed by atoms with Crippen LogP contribution >= 0.6 is 0 Å². The van der Waals surface area contributed by atoms with Gasteiger partial charge in [0.2, 0.25) is 0 Å². The van der Waals surface area contributed by atoms with Crippen LogP contribution in [0.5, 0.6) is 0 Å². The second-order valence-electron chi connectivity index (χ2n) is 3.02. The lowest BCUT2D eigenvalue weighted by molar-refractivity contribution is -0.374. The molecule has 0 aliphatic heterocycles. The minimum atomic E-state index is -0.0446. The van der Waals surface area contributed by atoms with Crippen LogP contribution in [0, 0.1) is 5.92 Å². The molecule has 0 heterocycles. The van der Waals surface area contributed by atoms with Crippen molar-refractivity contribution in [1.82, 2.24) is 5.23 Å². The number of aliphatic hydroxyl groups is 2. The normalized spacial score (nSPS) is 11.5. The van der Waals surface area contributed by atoms with Crippen LogP contribution < -0.4 is 0 Å². The molecule has 2 N–H and O–H groups in total. The SMILES string of the molecule is CC(C)CN(OCCO)OCCO. The van der Waals surface area contributed by atoms with Crippen molar-refractivity contribution in [3.63, 3.8) is 0 Å². The van der Waals surface area contributed by atoms with Gasteiger partial charge in [0.15, 0.2) is 0 Å². The molecular formula is C8H19NO4. The Kier molecular flexibility index (Phi) is 8.27. The van der Waals surface area contributed by atoms with E-state index in [1.165, 1.54) is 5.23 Å². The van der Waals surface area contributed by atoms with E-state index < -0.39 is 0 Å². The Morgan fingerprint density at radius 3 is 1.85 bits per heavy atom. The zero-order valence-corrected chi connectivity index (χ0v) is 8.27. The lowest BCUT2D eigenvalue weighted by atomic mass is 10.2. The molecule has 0 unspecified atom stereocenters. The quantitative estimate of drug-likeness (QED) is 0.522. The molecule has 13 heavy (non-hydrogen) atoms. The third-order valence-corrected chi connectivity index (χ3v) is 1.17. The van der Waals surface area contributed by atoms with E-state index in [0.29, 0.717) is 12.5 Å². The van der Waals surface area contributed by atoms with Gasteiger partial charge in [0.1, 0.15) is 0 Å². The van der Waals surface area contributed by atoms with Crippen molar-refractivity contribution in [2.45, 2.75) is 13.8 Å². The van der Waals surface area contributed by atoms with Crippen molar-refractivity contribution in [1.29, 1.82) is 0 Å². The first-order valence-electron chi connectivity index (χ1n) is 4.45. The Balaban J connectivity index is 3.60. The standard InChI is InChI=1S/C8H19NO4/c1-8(2)7-9(12-5-3-10)13-6-4-11/h8,10-11H,3-7H2,1-2H3. The van der Waals surface area contributed by atoms with Crippen LogP contribution in [0.15, 0.2) is 0 Å². The van der Waals surface area contributed by atoms with Gasteiger partial charge in [-0.25, -0.2) is 0 Å². The van der Waals surface area contributed by atoms with E-state index in [2.05, 4.69) is 0 Å². The van der Waals surface area contributed by atoms with Crippen LogP contribution in [0.1, 0.15) is 13.8 Å². The number of hydroxylamine groups is 2. The minimum Gasteiger partial charge on any atom is -0.394 e. The molecule has 0 rings (SSSR count). The van der Waals surface area contributed by atoms with E-state index in [1.807, 2.05) is 13.8 Å². The van der Waals surface area contributed by atoms with E-state index in [0.717, 1.165) is 0 Å². The van der Waals surface area contributed by atoms with Crippen LogP contribution in [0.4, 0.5) is 0 Å². The van der Waals surface area contributed by atoms with Gasteiger partial charge in [-0.05, 0) is 5.92 Å². The minimum absolute atomic E-state index is 0.0446. The summed E-state index contributed by atoms with van der Waals surface area (Å²) in [5, 5.41) is 18.3. The van der Waals surface area contributed by atoms with E-state index in [9.17, 15) is 0 Å². The Hall–Kier alpha value is -0.200. The van der Waals surface area contributed by atoms with Crippen LogP contribution in [0.25, 0.3) is 0 Å². The summed E-state index contributed by atoms with van der Waals surface area (Å²) in [5.74, 6) is 0.400. The number of rotatable bonds is 8. The summed E-state index contributed by atoms with van der Waals surface area (Å²) in [6.45, 7) is 4.99. The molecular weight excluding hydrogens is 174 g/mol. The smallest absolute Gasteiger partial charge is 0.0942 e. The number of nitrogens with zero attached hydrogens (tertiary/aromatic N) is 1. The summed E-state index contributed by atoms with van der Waals surface area (Å²) >= 11 is 0. The maximum atomic E-state index is 8.52. The van der Waals surface area contributed by atoms with Crippen molar-refractivity contribution in [2.24, 2.45) is 5.92 Å². The first-order chi connectivity index (χ1) is 6.20. The summed E-state index contributed by atoms with van der Waals surface area (Å²) in [6, 6.07) is 0. The van der Waals surface area contributed by atoms with E-state index in [4.69, 9.17) is 19.9 Å². The summed E-state index contributed by atoms with van der Waals surface area (Å²) in [6.07, 6.45) is 0. The predicted octanol–water partition coefficient (Wildman–Crippen LogP) is -0.208. The van der Waals surface area contributed by atoms with Gasteiger partial charge in [-0.2, -0.15) is 0 Å². The van der Waals surface area contributed by atoms with E-state index >= 15 is 0 Å². The van der Waals surface area contributed by atoms with Crippen LogP contribution in [0.3, 0.4) is 0 Å². The second kappa shape index (κ2) is 8.40. The third-order valence-electron chi connectivity index (χ3n) is 1.17. The molecule has 0 aliphatic carbocycles. The molecule has 0 radical (unpaired) electrons. The first-order valence-corrected chi connectivity index (χ1v) is 4.45. The second-order valence-corrected chi connectivity index (χ2v) is 3.02. The van der Waals surface area contributed by atoms with Gasteiger partial charge in [0, 0.05) is 0 Å². The molecule has 0 amide bonds. The molecule has 5 heteroatoms. The van der Waals surface area contributed by atoms with Crippen molar-refractivity contribution in [3.8, 4) is 0 Å². The predicted molar refractivity (Wildman–Crippen MR) is 47.6 cm³/mol. The highest BCUT2D eigenvalue weighted by Crippen LogP contribution is 2.00. The fourth-order valence-electron chi connectivity index (χ4n) is 0.726. The zero-order valence-electron chi connectivity index (χ0n) is 8.27. The average Bonchev–Trinajstić information content (AvgIpc) is 2.09. The average molecular weight is 193 g/mol. The van der Waals surface area contributed by atoms with Gasteiger partial charge in [0.05, 0.1) is 33.0 Å². The first kappa shape index (κ1) is 12.8. The molecule has 0 fully saturated rings. The third kappa shape index (κ3) is 8.14. The van der Waals surface area contributed by atoms with Crippen molar-refractivity contribution in [3.05, 3.63) is 0 Å². The molecule has 0 spiro atoms. The molecule has 0 aromatic heterocycles. The van der Waals surface area contributed by atoms with E-state index in [1.54, 1.807) is 0 Å². The topological polar surface area (TPSA) is 62.2 Å². The zero-order chi connectivity index (χ0) is 10.1. The fraction of sp³-hybridized carbons (Fsp3) is 1.00. The van der Waals surface area contributed by atoms with Crippen molar-refractivity contribution < 1.29 is 19.9 Å². The van der Waals surface area contributed by atoms with E-state index in [-0.39, 0.29) is 26.4 Å². The summed E-state index contributed by atoms with van der Waals surface area (Å²) in [5.41, 5.74) is 0. The van der Waals surface area contributed by atoms with Crippen molar-refractivity contribution in [2.75, 3.05) is 33.0 Å². The van der Waals surface area contributed by atoms with Gasteiger partial charge >= 0.3 is 0 Å². The number of aliphatic hydroxyl groups excluding tert-OH is 2. The molecule has 0 aliphatic rings. The molecule has 0 aromatic rings. The van der Waals surface area contributed by atoms with Crippen LogP contribution in [-0.2, 0) is 9.68 Å². The highest BCUT2D eigenvalue weighted by molar-refractivity contribution is 4.42. The highest BCUT2D eigenvalue weighted by Gasteiger charge is 2.07.